The van der Waals surface area contributed by atoms with E-state index in [1.54, 1.807) is 11.8 Å². The van der Waals surface area contributed by atoms with Crippen LogP contribution in [0.3, 0.4) is 0 Å². The number of hydrogen-bond donors (Lipinski definition) is 0. The lowest BCUT2D eigenvalue weighted by atomic mass is 10.2. The zero-order chi connectivity index (χ0) is 15.0. The van der Waals surface area contributed by atoms with Crippen LogP contribution in [0, 0.1) is 5.82 Å². The fraction of sp³-hybridized carbons (Fsp3) is 0.467. The van der Waals surface area contributed by atoms with Gasteiger partial charge in [0.1, 0.15) is 5.82 Å². The van der Waals surface area contributed by atoms with Crippen molar-refractivity contribution in [1.82, 2.24) is 4.90 Å². The molecule has 0 aliphatic heterocycles. The molecule has 0 atom stereocenters. The lowest BCUT2D eigenvalue weighted by Gasteiger charge is -2.21. The number of nitrogens with zero attached hydrogens (tertiary/aromatic N) is 1. The summed E-state index contributed by atoms with van der Waals surface area (Å²) in [7, 11) is 0. The highest BCUT2D eigenvalue weighted by Gasteiger charge is 2.16. The molecule has 0 unspecified atom stereocenters. The predicted octanol–water partition coefficient (Wildman–Crippen LogP) is 2.63. The molecule has 0 N–H and O–H groups in total. The van der Waals surface area contributed by atoms with Gasteiger partial charge in [-0.2, -0.15) is 0 Å². The summed E-state index contributed by atoms with van der Waals surface area (Å²) in [5.74, 6) is -0.897. The largest absolute Gasteiger partial charge is 0.466 e. The van der Waals surface area contributed by atoms with E-state index in [2.05, 4.69) is 0 Å². The molecule has 0 aromatic heterocycles. The summed E-state index contributed by atoms with van der Waals surface area (Å²) in [6.45, 7) is 4.89. The third-order valence-electron chi connectivity index (χ3n) is 2.76. The SMILES string of the molecule is CCCN(CCC(=O)OCC)C(=O)c1ccc(F)cc1. The molecule has 0 saturated carbocycles. The van der Waals surface area contributed by atoms with Gasteiger partial charge in [0, 0.05) is 18.7 Å². The molecule has 1 aromatic carbocycles. The molecular formula is C15H20FNO3. The first-order valence-electron chi connectivity index (χ1n) is 6.79. The number of ether oxygens (including phenoxy) is 1. The maximum Gasteiger partial charge on any atom is 0.307 e. The van der Waals surface area contributed by atoms with Crippen LogP contribution in [0.4, 0.5) is 4.39 Å². The first-order chi connectivity index (χ1) is 9.58. The molecule has 1 amide bonds. The van der Waals surface area contributed by atoms with Gasteiger partial charge >= 0.3 is 5.97 Å². The van der Waals surface area contributed by atoms with E-state index in [1.165, 1.54) is 24.3 Å². The second kappa shape index (κ2) is 8.30. The Labute approximate surface area is 118 Å². The smallest absolute Gasteiger partial charge is 0.307 e. The third kappa shape index (κ3) is 4.99. The number of carbonyl (C=O) groups excluding carboxylic acids is 2. The highest BCUT2D eigenvalue weighted by Crippen LogP contribution is 2.08. The molecule has 4 nitrogen and oxygen atoms in total. The average molecular weight is 281 g/mol. The number of benzene rings is 1. The normalized spacial score (nSPS) is 10.2. The number of hydrogen-bond acceptors (Lipinski definition) is 3. The van der Waals surface area contributed by atoms with Crippen LogP contribution in [0.15, 0.2) is 24.3 Å². The van der Waals surface area contributed by atoms with Crippen LogP contribution in [0.25, 0.3) is 0 Å². The summed E-state index contributed by atoms with van der Waals surface area (Å²) < 4.78 is 17.7. The van der Waals surface area contributed by atoms with Gasteiger partial charge in [0.05, 0.1) is 13.0 Å². The van der Waals surface area contributed by atoms with E-state index in [0.29, 0.717) is 25.3 Å². The lowest BCUT2D eigenvalue weighted by molar-refractivity contribution is -0.143. The number of rotatable bonds is 7. The molecule has 0 bridgehead atoms. The Morgan fingerprint density at radius 3 is 2.35 bits per heavy atom. The molecule has 0 heterocycles. The van der Waals surface area contributed by atoms with Gasteiger partial charge in [-0.25, -0.2) is 4.39 Å². The van der Waals surface area contributed by atoms with E-state index in [4.69, 9.17) is 4.74 Å². The van der Waals surface area contributed by atoms with Crippen LogP contribution in [0.2, 0.25) is 0 Å². The van der Waals surface area contributed by atoms with Gasteiger partial charge < -0.3 is 9.64 Å². The minimum Gasteiger partial charge on any atom is -0.466 e. The fourth-order valence-corrected chi connectivity index (χ4v) is 1.82. The molecule has 0 radical (unpaired) electrons. The van der Waals surface area contributed by atoms with Crippen LogP contribution >= 0.6 is 0 Å². The van der Waals surface area contributed by atoms with Crippen LogP contribution in [-0.2, 0) is 9.53 Å². The molecule has 0 fully saturated rings. The van der Waals surface area contributed by atoms with E-state index in [9.17, 15) is 14.0 Å². The summed E-state index contributed by atoms with van der Waals surface area (Å²) in [5, 5.41) is 0. The lowest BCUT2D eigenvalue weighted by Crippen LogP contribution is -2.34. The van der Waals surface area contributed by atoms with Crippen molar-refractivity contribution >= 4 is 11.9 Å². The Morgan fingerprint density at radius 2 is 1.80 bits per heavy atom. The Bertz CT molecular complexity index is 445. The van der Waals surface area contributed by atoms with Gasteiger partial charge in [0.15, 0.2) is 0 Å². The molecule has 110 valence electrons. The van der Waals surface area contributed by atoms with Crippen molar-refractivity contribution in [3.63, 3.8) is 0 Å². The van der Waals surface area contributed by atoms with Gasteiger partial charge in [-0.3, -0.25) is 9.59 Å². The van der Waals surface area contributed by atoms with Crippen molar-refractivity contribution < 1.29 is 18.7 Å². The number of amides is 1. The number of carbonyl (C=O) groups is 2. The molecule has 20 heavy (non-hydrogen) atoms. The van der Waals surface area contributed by atoms with Crippen molar-refractivity contribution in [2.75, 3.05) is 19.7 Å². The summed E-state index contributed by atoms with van der Waals surface area (Å²) in [6.07, 6.45) is 0.955. The second-order valence-electron chi connectivity index (χ2n) is 4.35. The Morgan fingerprint density at radius 1 is 1.15 bits per heavy atom. The molecule has 0 aliphatic rings. The molecule has 5 heteroatoms. The Kier molecular flexibility index (Phi) is 6.70. The third-order valence-corrected chi connectivity index (χ3v) is 2.76. The van der Waals surface area contributed by atoms with Gasteiger partial charge in [-0.05, 0) is 37.6 Å². The summed E-state index contributed by atoms with van der Waals surface area (Å²) in [4.78, 5) is 25.2. The van der Waals surface area contributed by atoms with E-state index in [0.717, 1.165) is 6.42 Å². The summed E-state index contributed by atoms with van der Waals surface area (Å²) in [5.41, 5.74) is 0.420. The minimum atomic E-state index is -0.380. The first-order valence-corrected chi connectivity index (χ1v) is 6.79. The Balaban J connectivity index is 2.67. The van der Waals surface area contributed by atoms with E-state index in [1.807, 2.05) is 6.92 Å². The van der Waals surface area contributed by atoms with Crippen LogP contribution < -0.4 is 0 Å². The van der Waals surface area contributed by atoms with Crippen LogP contribution in [-0.4, -0.2) is 36.5 Å². The summed E-state index contributed by atoms with van der Waals surface area (Å²) in [6, 6.07) is 5.40. The van der Waals surface area contributed by atoms with Crippen molar-refractivity contribution in [1.29, 1.82) is 0 Å². The van der Waals surface area contributed by atoms with E-state index in [-0.39, 0.29) is 24.1 Å². The van der Waals surface area contributed by atoms with Crippen molar-refractivity contribution in [2.45, 2.75) is 26.7 Å². The number of halogens is 1. The Hall–Kier alpha value is -1.91. The standard InChI is InChI=1S/C15H20FNO3/c1-3-10-17(11-9-14(18)20-4-2)15(19)12-5-7-13(16)8-6-12/h5-8H,3-4,9-11H2,1-2H3. The zero-order valence-corrected chi connectivity index (χ0v) is 11.9. The average Bonchev–Trinajstić information content (AvgIpc) is 2.44. The summed E-state index contributed by atoms with van der Waals surface area (Å²) >= 11 is 0. The van der Waals surface area contributed by atoms with Gasteiger partial charge in [0.25, 0.3) is 5.91 Å². The molecular weight excluding hydrogens is 261 g/mol. The van der Waals surface area contributed by atoms with Crippen LogP contribution in [0.1, 0.15) is 37.0 Å². The van der Waals surface area contributed by atoms with E-state index < -0.39 is 0 Å². The molecule has 0 aliphatic carbocycles. The van der Waals surface area contributed by atoms with Crippen LogP contribution in [0.5, 0.6) is 0 Å². The highest BCUT2D eigenvalue weighted by molar-refractivity contribution is 5.94. The topological polar surface area (TPSA) is 46.6 Å². The maximum atomic E-state index is 12.9. The van der Waals surface area contributed by atoms with E-state index >= 15 is 0 Å². The van der Waals surface area contributed by atoms with Gasteiger partial charge in [0.2, 0.25) is 0 Å². The first kappa shape index (κ1) is 16.1. The van der Waals surface area contributed by atoms with Crippen molar-refractivity contribution in [3.05, 3.63) is 35.6 Å². The minimum absolute atomic E-state index is 0.167. The molecule has 1 aromatic rings. The highest BCUT2D eigenvalue weighted by atomic mass is 19.1. The maximum absolute atomic E-state index is 12.9. The number of esters is 1. The van der Waals surface area contributed by atoms with Gasteiger partial charge in [-0.15, -0.1) is 0 Å². The zero-order valence-electron chi connectivity index (χ0n) is 11.9. The predicted molar refractivity (Wildman–Crippen MR) is 73.8 cm³/mol. The molecule has 1 rings (SSSR count). The van der Waals surface area contributed by atoms with Crippen molar-refractivity contribution in [2.24, 2.45) is 0 Å². The van der Waals surface area contributed by atoms with Crippen molar-refractivity contribution in [3.8, 4) is 0 Å². The monoisotopic (exact) mass is 281 g/mol. The molecule has 0 saturated heterocycles. The molecule has 0 spiro atoms. The quantitative estimate of drug-likeness (QED) is 0.722. The second-order valence-corrected chi connectivity index (χ2v) is 4.35. The fourth-order valence-electron chi connectivity index (χ4n) is 1.82. The van der Waals surface area contributed by atoms with Gasteiger partial charge in [-0.1, -0.05) is 6.92 Å².